The second-order valence-corrected chi connectivity index (χ2v) is 8.70. The first kappa shape index (κ1) is 24.6. The van der Waals surface area contributed by atoms with Gasteiger partial charge in [-0.3, -0.25) is 0 Å². The van der Waals surface area contributed by atoms with E-state index in [-0.39, 0.29) is 35.8 Å². The van der Waals surface area contributed by atoms with Gasteiger partial charge >= 0.3 is 6.11 Å². The van der Waals surface area contributed by atoms with Crippen LogP contribution in [0.3, 0.4) is 0 Å². The van der Waals surface area contributed by atoms with Crippen molar-refractivity contribution < 1.29 is 40.6 Å². The molecule has 0 radical (unpaired) electrons. The van der Waals surface area contributed by atoms with E-state index in [4.69, 9.17) is 14.2 Å². The maximum absolute atomic E-state index is 14.8. The van der Waals surface area contributed by atoms with Gasteiger partial charge in [0.05, 0.1) is 19.1 Å². The monoisotopic (exact) mass is 486 g/mol. The molecule has 1 aliphatic heterocycles. The summed E-state index contributed by atoms with van der Waals surface area (Å²) in [7, 11) is 0. The van der Waals surface area contributed by atoms with Gasteiger partial charge in [0.25, 0.3) is 0 Å². The standard InChI is InChI=1S/C25H24F6O3/c1-2-14-12-32-24(33-13-14)15-3-5-17(6-4-15)25(30,31)34-18-7-8-19(20(26)11-18)16-9-21(27)23(29)22(28)10-16/h2,7-11,14-15,17,24H,1,3-6,12-13H2. The van der Waals surface area contributed by atoms with Gasteiger partial charge in [0.2, 0.25) is 0 Å². The molecule has 1 aliphatic carbocycles. The van der Waals surface area contributed by atoms with Crippen molar-refractivity contribution in [3.8, 4) is 16.9 Å². The minimum absolute atomic E-state index is 0.00560. The van der Waals surface area contributed by atoms with Crippen molar-refractivity contribution in [3.63, 3.8) is 0 Å². The number of ether oxygens (including phenoxy) is 3. The Morgan fingerprint density at radius 3 is 2.06 bits per heavy atom. The molecule has 0 atom stereocenters. The van der Waals surface area contributed by atoms with Crippen LogP contribution in [0, 0.1) is 41.0 Å². The maximum Gasteiger partial charge on any atom is 0.400 e. The van der Waals surface area contributed by atoms with Crippen molar-refractivity contribution in [2.75, 3.05) is 13.2 Å². The summed E-state index contributed by atoms with van der Waals surface area (Å²) in [5, 5.41) is 0. The number of rotatable bonds is 6. The fraction of sp³-hybridized carbons (Fsp3) is 0.440. The Bertz CT molecular complexity index is 1000. The van der Waals surface area contributed by atoms with E-state index < -0.39 is 47.3 Å². The molecule has 0 spiro atoms. The molecule has 2 aromatic rings. The Morgan fingerprint density at radius 2 is 1.50 bits per heavy atom. The molecule has 3 nitrogen and oxygen atoms in total. The zero-order valence-electron chi connectivity index (χ0n) is 18.2. The molecule has 4 rings (SSSR count). The largest absolute Gasteiger partial charge is 0.432 e. The third kappa shape index (κ3) is 5.25. The Labute approximate surface area is 193 Å². The minimum atomic E-state index is -3.55. The van der Waals surface area contributed by atoms with Crippen LogP contribution >= 0.6 is 0 Å². The third-order valence-corrected chi connectivity index (χ3v) is 6.40. The lowest BCUT2D eigenvalue weighted by Crippen LogP contribution is -2.41. The molecule has 0 N–H and O–H groups in total. The van der Waals surface area contributed by atoms with Crippen LogP contribution in [-0.2, 0) is 9.47 Å². The first-order valence-corrected chi connectivity index (χ1v) is 11.0. The molecule has 0 aromatic heterocycles. The van der Waals surface area contributed by atoms with Crippen LogP contribution < -0.4 is 4.74 Å². The van der Waals surface area contributed by atoms with Crippen molar-refractivity contribution in [3.05, 3.63) is 66.3 Å². The predicted octanol–water partition coefficient (Wildman–Crippen LogP) is 6.86. The quantitative estimate of drug-likeness (QED) is 0.254. The van der Waals surface area contributed by atoms with Gasteiger partial charge in [-0.2, -0.15) is 8.78 Å². The average molecular weight is 486 g/mol. The van der Waals surface area contributed by atoms with Crippen LogP contribution in [0.25, 0.3) is 11.1 Å². The Kier molecular flexibility index (Phi) is 7.23. The van der Waals surface area contributed by atoms with Crippen LogP contribution in [-0.4, -0.2) is 25.6 Å². The van der Waals surface area contributed by atoms with Crippen LogP contribution in [0.4, 0.5) is 26.3 Å². The van der Waals surface area contributed by atoms with Crippen molar-refractivity contribution >= 4 is 0 Å². The third-order valence-electron chi connectivity index (χ3n) is 6.40. The first-order chi connectivity index (χ1) is 16.2. The molecule has 2 fully saturated rings. The van der Waals surface area contributed by atoms with Gasteiger partial charge in [0.1, 0.15) is 11.6 Å². The van der Waals surface area contributed by atoms with Crippen molar-refractivity contribution in [1.82, 2.24) is 0 Å². The van der Waals surface area contributed by atoms with Crippen LogP contribution in [0.2, 0.25) is 0 Å². The second-order valence-electron chi connectivity index (χ2n) is 8.70. The summed E-state index contributed by atoms with van der Waals surface area (Å²) in [5.74, 6) is -7.05. The number of benzene rings is 2. The van der Waals surface area contributed by atoms with E-state index in [1.165, 1.54) is 0 Å². The highest BCUT2D eigenvalue weighted by Crippen LogP contribution is 2.42. The first-order valence-electron chi connectivity index (χ1n) is 11.0. The summed E-state index contributed by atoms with van der Waals surface area (Å²) >= 11 is 0. The molecule has 0 unspecified atom stereocenters. The summed E-state index contributed by atoms with van der Waals surface area (Å²) < 4.78 is 100. The van der Waals surface area contributed by atoms with E-state index in [0.717, 1.165) is 12.1 Å². The van der Waals surface area contributed by atoms with Crippen molar-refractivity contribution in [2.45, 2.75) is 38.1 Å². The van der Waals surface area contributed by atoms with E-state index in [1.54, 1.807) is 6.08 Å². The van der Waals surface area contributed by atoms with Crippen molar-refractivity contribution in [1.29, 1.82) is 0 Å². The van der Waals surface area contributed by atoms with Crippen LogP contribution in [0.5, 0.6) is 5.75 Å². The molecule has 9 heteroatoms. The molecular weight excluding hydrogens is 462 g/mol. The zero-order valence-corrected chi connectivity index (χ0v) is 18.2. The van der Waals surface area contributed by atoms with E-state index in [1.807, 2.05) is 0 Å². The highest BCUT2D eigenvalue weighted by Gasteiger charge is 2.45. The molecule has 2 aliphatic rings. The van der Waals surface area contributed by atoms with Crippen LogP contribution in [0.15, 0.2) is 43.0 Å². The number of alkyl halides is 2. The molecule has 2 aromatic carbocycles. The normalized spacial score (nSPS) is 25.7. The Balaban J connectivity index is 1.38. The van der Waals surface area contributed by atoms with Gasteiger partial charge in [-0.15, -0.1) is 6.58 Å². The predicted molar refractivity (Wildman–Crippen MR) is 112 cm³/mol. The summed E-state index contributed by atoms with van der Waals surface area (Å²) in [4.78, 5) is 0. The highest BCUT2D eigenvalue weighted by molar-refractivity contribution is 5.65. The lowest BCUT2D eigenvalue weighted by atomic mass is 9.80. The smallest absolute Gasteiger partial charge is 0.400 e. The van der Waals surface area contributed by atoms with Gasteiger partial charge in [-0.25, -0.2) is 17.6 Å². The van der Waals surface area contributed by atoms with E-state index in [9.17, 15) is 26.3 Å². The summed E-state index contributed by atoms with van der Waals surface area (Å²) in [6.45, 7) is 4.69. The van der Waals surface area contributed by atoms with E-state index in [0.29, 0.717) is 44.3 Å². The lowest BCUT2D eigenvalue weighted by Gasteiger charge is -2.38. The molecule has 34 heavy (non-hydrogen) atoms. The number of halogens is 6. The maximum atomic E-state index is 14.8. The zero-order chi connectivity index (χ0) is 24.5. The number of hydrogen-bond acceptors (Lipinski definition) is 3. The lowest BCUT2D eigenvalue weighted by molar-refractivity contribution is -0.244. The molecule has 1 saturated carbocycles. The SMILES string of the molecule is C=CC1COC(C2CCC(C(F)(F)Oc3ccc(-c4cc(F)c(F)c(F)c4)c(F)c3)CC2)OC1. The molecule has 184 valence electrons. The van der Waals surface area contributed by atoms with Gasteiger partial charge in [0, 0.05) is 23.5 Å². The summed E-state index contributed by atoms with van der Waals surface area (Å²) in [6, 6.07) is 4.10. The highest BCUT2D eigenvalue weighted by atomic mass is 19.3. The van der Waals surface area contributed by atoms with Gasteiger partial charge in [-0.05, 0) is 55.5 Å². The summed E-state index contributed by atoms with van der Waals surface area (Å²) in [6.07, 6.45) is -0.897. The fourth-order valence-corrected chi connectivity index (χ4v) is 4.41. The van der Waals surface area contributed by atoms with E-state index >= 15 is 0 Å². The van der Waals surface area contributed by atoms with Gasteiger partial charge in [-0.1, -0.05) is 6.08 Å². The second kappa shape index (κ2) is 10.00. The molecule has 0 bridgehead atoms. The molecule has 1 saturated heterocycles. The molecule has 0 amide bonds. The van der Waals surface area contributed by atoms with Crippen LogP contribution in [0.1, 0.15) is 25.7 Å². The van der Waals surface area contributed by atoms with Gasteiger partial charge < -0.3 is 14.2 Å². The fourth-order valence-electron chi connectivity index (χ4n) is 4.41. The Hall–Kier alpha value is -2.52. The minimum Gasteiger partial charge on any atom is -0.432 e. The molecule has 1 heterocycles. The topological polar surface area (TPSA) is 27.7 Å². The van der Waals surface area contributed by atoms with E-state index in [2.05, 4.69) is 6.58 Å². The number of hydrogen-bond donors (Lipinski definition) is 0. The molecular formula is C25H24F6O3. The summed E-state index contributed by atoms with van der Waals surface area (Å²) in [5.41, 5.74) is -0.544. The van der Waals surface area contributed by atoms with Crippen molar-refractivity contribution in [2.24, 2.45) is 17.8 Å². The average Bonchev–Trinajstić information content (AvgIpc) is 2.82. The van der Waals surface area contributed by atoms with Gasteiger partial charge in [0.15, 0.2) is 23.7 Å². The Morgan fingerprint density at radius 1 is 0.882 bits per heavy atom.